The lowest BCUT2D eigenvalue weighted by Crippen LogP contribution is -2.50. The van der Waals surface area contributed by atoms with Crippen molar-refractivity contribution in [1.29, 1.82) is 0 Å². The first-order valence-corrected chi connectivity index (χ1v) is 7.63. The molecule has 1 saturated heterocycles. The Labute approximate surface area is 121 Å². The Morgan fingerprint density at radius 2 is 2.35 bits per heavy atom. The zero-order valence-corrected chi connectivity index (χ0v) is 12.9. The molecule has 0 amide bonds. The van der Waals surface area contributed by atoms with Gasteiger partial charge in [-0.2, -0.15) is 5.10 Å². The van der Waals surface area contributed by atoms with Crippen molar-refractivity contribution in [2.45, 2.75) is 45.8 Å². The van der Waals surface area contributed by atoms with Crippen LogP contribution < -0.4 is 5.32 Å². The van der Waals surface area contributed by atoms with Crippen LogP contribution in [-0.2, 0) is 11.3 Å². The number of morpholine rings is 1. The predicted molar refractivity (Wildman–Crippen MR) is 78.6 cm³/mol. The molecule has 1 aliphatic heterocycles. The van der Waals surface area contributed by atoms with Crippen molar-refractivity contribution in [1.82, 2.24) is 25.0 Å². The van der Waals surface area contributed by atoms with Crippen LogP contribution in [0, 0.1) is 0 Å². The molecule has 1 aromatic heterocycles. The molecule has 6 nitrogen and oxygen atoms in total. The second-order valence-corrected chi connectivity index (χ2v) is 5.62. The van der Waals surface area contributed by atoms with Crippen molar-refractivity contribution < 1.29 is 4.74 Å². The van der Waals surface area contributed by atoms with Crippen LogP contribution in [0.25, 0.3) is 0 Å². The van der Waals surface area contributed by atoms with Gasteiger partial charge >= 0.3 is 0 Å². The number of ether oxygens (including phenoxy) is 1. The quantitative estimate of drug-likeness (QED) is 0.757. The highest BCUT2D eigenvalue weighted by atomic mass is 16.5. The topological polar surface area (TPSA) is 55.2 Å². The lowest BCUT2D eigenvalue weighted by Gasteiger charge is -2.35. The van der Waals surface area contributed by atoms with Crippen LogP contribution in [0.3, 0.4) is 0 Å². The number of rotatable bonds is 7. The van der Waals surface area contributed by atoms with Crippen LogP contribution in [0.5, 0.6) is 0 Å². The van der Waals surface area contributed by atoms with E-state index in [4.69, 9.17) is 4.74 Å². The van der Waals surface area contributed by atoms with E-state index >= 15 is 0 Å². The summed E-state index contributed by atoms with van der Waals surface area (Å²) in [6.07, 6.45) is 2.81. The fraction of sp³-hybridized carbons (Fsp3) is 0.857. The largest absolute Gasteiger partial charge is 0.378 e. The van der Waals surface area contributed by atoms with Crippen molar-refractivity contribution in [3.63, 3.8) is 0 Å². The van der Waals surface area contributed by atoms with E-state index in [-0.39, 0.29) is 0 Å². The molecule has 6 heteroatoms. The standard InChI is InChI=1S/C14H27N5O/c1-4-5-15-8-13-10-20-7-6-18(13)9-14-16-11-17-19(14)12(2)3/h11-13,15H,4-10H2,1-3H3. The molecule has 1 aliphatic rings. The average molecular weight is 281 g/mol. The maximum atomic E-state index is 5.62. The Balaban J connectivity index is 1.95. The van der Waals surface area contributed by atoms with Gasteiger partial charge in [0.05, 0.1) is 19.8 Å². The Morgan fingerprint density at radius 1 is 1.50 bits per heavy atom. The van der Waals surface area contributed by atoms with Gasteiger partial charge in [0, 0.05) is 25.2 Å². The Kier molecular flexibility index (Phi) is 5.94. The lowest BCUT2D eigenvalue weighted by molar-refractivity contribution is -0.0126. The molecule has 114 valence electrons. The summed E-state index contributed by atoms with van der Waals surface area (Å²) in [4.78, 5) is 6.86. The van der Waals surface area contributed by atoms with E-state index in [9.17, 15) is 0 Å². The SMILES string of the molecule is CCCNCC1COCCN1Cc1ncnn1C(C)C. The van der Waals surface area contributed by atoms with Crippen molar-refractivity contribution >= 4 is 0 Å². The monoisotopic (exact) mass is 281 g/mol. The first-order valence-electron chi connectivity index (χ1n) is 7.63. The molecule has 20 heavy (non-hydrogen) atoms. The summed E-state index contributed by atoms with van der Waals surface area (Å²) in [5.41, 5.74) is 0. The fourth-order valence-corrected chi connectivity index (χ4v) is 2.53. The second-order valence-electron chi connectivity index (χ2n) is 5.62. The van der Waals surface area contributed by atoms with Gasteiger partial charge < -0.3 is 10.1 Å². The third-order valence-electron chi connectivity index (χ3n) is 3.64. The number of nitrogens with one attached hydrogen (secondary N) is 1. The molecule has 1 N–H and O–H groups in total. The van der Waals surface area contributed by atoms with Gasteiger partial charge in [0.15, 0.2) is 0 Å². The van der Waals surface area contributed by atoms with Crippen LogP contribution in [0.2, 0.25) is 0 Å². The minimum atomic E-state index is 0.352. The summed E-state index contributed by atoms with van der Waals surface area (Å²) in [5.74, 6) is 1.04. The summed E-state index contributed by atoms with van der Waals surface area (Å²) in [5, 5.41) is 7.80. The van der Waals surface area contributed by atoms with Gasteiger partial charge in [-0.1, -0.05) is 6.92 Å². The van der Waals surface area contributed by atoms with Gasteiger partial charge in [-0.15, -0.1) is 0 Å². The van der Waals surface area contributed by atoms with Gasteiger partial charge in [0.1, 0.15) is 12.2 Å². The minimum absolute atomic E-state index is 0.352. The maximum Gasteiger partial charge on any atom is 0.141 e. The van der Waals surface area contributed by atoms with E-state index < -0.39 is 0 Å². The molecule has 1 fully saturated rings. The summed E-state index contributed by atoms with van der Waals surface area (Å²) in [7, 11) is 0. The van der Waals surface area contributed by atoms with Crippen LogP contribution in [-0.4, -0.2) is 58.6 Å². The first kappa shape index (κ1) is 15.4. The van der Waals surface area contributed by atoms with E-state index in [0.717, 1.165) is 51.6 Å². The highest BCUT2D eigenvalue weighted by Crippen LogP contribution is 2.13. The van der Waals surface area contributed by atoms with E-state index in [1.165, 1.54) is 0 Å². The Hall–Kier alpha value is -0.980. The number of nitrogens with zero attached hydrogens (tertiary/aromatic N) is 4. The summed E-state index contributed by atoms with van der Waals surface area (Å²) >= 11 is 0. The third kappa shape index (κ3) is 4.01. The number of hydrogen-bond acceptors (Lipinski definition) is 5. The summed E-state index contributed by atoms with van der Waals surface area (Å²) < 4.78 is 7.62. The summed E-state index contributed by atoms with van der Waals surface area (Å²) in [6, 6.07) is 0.776. The third-order valence-corrected chi connectivity index (χ3v) is 3.64. The van der Waals surface area contributed by atoms with E-state index in [1.807, 2.05) is 4.68 Å². The van der Waals surface area contributed by atoms with Gasteiger partial charge in [-0.25, -0.2) is 9.67 Å². The zero-order chi connectivity index (χ0) is 14.4. The molecule has 0 bridgehead atoms. The Bertz CT molecular complexity index is 393. The highest BCUT2D eigenvalue weighted by molar-refractivity contribution is 4.89. The van der Waals surface area contributed by atoms with Crippen LogP contribution in [0.15, 0.2) is 6.33 Å². The molecule has 1 atom stereocenters. The van der Waals surface area contributed by atoms with Crippen molar-refractivity contribution in [2.24, 2.45) is 0 Å². The van der Waals surface area contributed by atoms with Gasteiger partial charge in [0.2, 0.25) is 0 Å². The summed E-state index contributed by atoms with van der Waals surface area (Å²) in [6.45, 7) is 11.9. The molecule has 0 saturated carbocycles. The van der Waals surface area contributed by atoms with Crippen molar-refractivity contribution in [2.75, 3.05) is 32.8 Å². The molecule has 2 heterocycles. The van der Waals surface area contributed by atoms with Crippen LogP contribution in [0.4, 0.5) is 0 Å². The smallest absolute Gasteiger partial charge is 0.141 e. The molecule has 0 aromatic carbocycles. The first-order chi connectivity index (χ1) is 9.72. The second kappa shape index (κ2) is 7.71. The Morgan fingerprint density at radius 3 is 3.10 bits per heavy atom. The van der Waals surface area contributed by atoms with Gasteiger partial charge in [0.25, 0.3) is 0 Å². The van der Waals surface area contributed by atoms with Crippen LogP contribution >= 0.6 is 0 Å². The maximum absolute atomic E-state index is 5.62. The van der Waals surface area contributed by atoms with E-state index in [2.05, 4.69) is 41.1 Å². The van der Waals surface area contributed by atoms with Crippen molar-refractivity contribution in [3.05, 3.63) is 12.2 Å². The molecular weight excluding hydrogens is 254 g/mol. The molecular formula is C14H27N5O. The van der Waals surface area contributed by atoms with E-state index in [0.29, 0.717) is 12.1 Å². The highest BCUT2D eigenvalue weighted by Gasteiger charge is 2.24. The van der Waals surface area contributed by atoms with Gasteiger partial charge in [-0.3, -0.25) is 4.90 Å². The average Bonchev–Trinajstić information content (AvgIpc) is 2.89. The molecule has 2 rings (SSSR count). The van der Waals surface area contributed by atoms with Gasteiger partial charge in [-0.05, 0) is 26.8 Å². The molecule has 0 spiro atoms. The fourth-order valence-electron chi connectivity index (χ4n) is 2.53. The van der Waals surface area contributed by atoms with Crippen molar-refractivity contribution in [3.8, 4) is 0 Å². The number of hydrogen-bond donors (Lipinski definition) is 1. The molecule has 0 radical (unpaired) electrons. The predicted octanol–water partition coefficient (Wildman–Crippen LogP) is 1.06. The van der Waals surface area contributed by atoms with Crippen LogP contribution in [0.1, 0.15) is 39.1 Å². The normalized spacial score (nSPS) is 20.7. The zero-order valence-electron chi connectivity index (χ0n) is 12.9. The lowest BCUT2D eigenvalue weighted by atomic mass is 10.2. The minimum Gasteiger partial charge on any atom is -0.378 e. The molecule has 1 aromatic rings. The molecule has 0 aliphatic carbocycles. The van der Waals surface area contributed by atoms with E-state index in [1.54, 1.807) is 6.33 Å². The number of aromatic nitrogens is 3. The molecule has 1 unspecified atom stereocenters.